The lowest BCUT2D eigenvalue weighted by Crippen LogP contribution is -2.41. The summed E-state index contributed by atoms with van der Waals surface area (Å²) in [4.78, 5) is 26.1. The van der Waals surface area contributed by atoms with Gasteiger partial charge >= 0.3 is 0 Å². The number of ether oxygens (including phenoxy) is 1. The van der Waals surface area contributed by atoms with Crippen LogP contribution in [-0.2, 0) is 4.79 Å². The average molecular weight is 342 g/mol. The Balaban J connectivity index is 1.69. The molecule has 7 nitrogen and oxygen atoms in total. The quantitative estimate of drug-likeness (QED) is 0.887. The third-order valence-corrected chi connectivity index (χ3v) is 4.50. The molecule has 1 amide bonds. The highest BCUT2D eigenvalue weighted by Crippen LogP contribution is 2.25. The number of carbonyl (C=O) groups is 1. The van der Waals surface area contributed by atoms with Crippen molar-refractivity contribution in [3.8, 4) is 5.75 Å². The predicted molar refractivity (Wildman–Crippen MR) is 96.2 cm³/mol. The summed E-state index contributed by atoms with van der Waals surface area (Å²) < 4.78 is 5.19. The minimum absolute atomic E-state index is 0.00392. The lowest BCUT2D eigenvalue weighted by atomic mass is 9.96. The molecule has 2 aromatic rings. The molecule has 0 bridgehead atoms. The molecule has 1 saturated heterocycles. The number of hydrogen-bond acceptors (Lipinski definition) is 5. The zero-order chi connectivity index (χ0) is 17.8. The summed E-state index contributed by atoms with van der Waals surface area (Å²) in [5.74, 6) is 0.631. The minimum Gasteiger partial charge on any atom is -0.497 e. The number of rotatable bonds is 4. The molecule has 0 saturated carbocycles. The molecule has 1 unspecified atom stereocenters. The fourth-order valence-electron chi connectivity index (χ4n) is 3.10. The van der Waals surface area contributed by atoms with Gasteiger partial charge in [-0.3, -0.25) is 9.59 Å². The Kier molecular flexibility index (Phi) is 5.02. The number of nitrogens with zero attached hydrogens (tertiary/aromatic N) is 2. The van der Waals surface area contributed by atoms with E-state index in [1.807, 2.05) is 30.0 Å². The number of piperidine rings is 1. The van der Waals surface area contributed by atoms with Crippen LogP contribution in [0.1, 0.15) is 18.4 Å². The van der Waals surface area contributed by atoms with Crippen LogP contribution in [-0.4, -0.2) is 36.3 Å². The Morgan fingerprint density at radius 1 is 1.40 bits per heavy atom. The number of hydrogen-bond donors (Lipinski definition) is 2. The first kappa shape index (κ1) is 17.0. The zero-order valence-electron chi connectivity index (χ0n) is 14.4. The van der Waals surface area contributed by atoms with E-state index in [1.54, 1.807) is 13.3 Å². The van der Waals surface area contributed by atoms with Crippen LogP contribution in [0.25, 0.3) is 0 Å². The molecule has 1 aliphatic heterocycles. The molecule has 1 fully saturated rings. The summed E-state index contributed by atoms with van der Waals surface area (Å²) in [6.45, 7) is 3.33. The number of nitrogens with one attached hydrogen (secondary N) is 2. The second kappa shape index (κ2) is 7.38. The first-order valence-corrected chi connectivity index (χ1v) is 8.32. The normalized spacial score (nSPS) is 17.2. The van der Waals surface area contributed by atoms with Crippen LogP contribution in [0.15, 0.2) is 35.3 Å². The van der Waals surface area contributed by atoms with Crippen LogP contribution in [0, 0.1) is 12.8 Å². The van der Waals surface area contributed by atoms with Crippen molar-refractivity contribution in [3.63, 3.8) is 0 Å². The molecule has 2 N–H and O–H groups in total. The molecule has 1 aromatic carbocycles. The van der Waals surface area contributed by atoms with Gasteiger partial charge in [0.2, 0.25) is 5.91 Å². The average Bonchev–Trinajstić information content (AvgIpc) is 2.63. The van der Waals surface area contributed by atoms with Crippen LogP contribution < -0.4 is 20.5 Å². The van der Waals surface area contributed by atoms with Gasteiger partial charge < -0.3 is 15.0 Å². The number of amides is 1. The monoisotopic (exact) mass is 342 g/mol. The van der Waals surface area contributed by atoms with E-state index in [0.29, 0.717) is 6.54 Å². The molecule has 1 aliphatic rings. The number of H-pyrrole nitrogens is 1. The molecule has 2 heterocycles. The molecule has 0 aliphatic carbocycles. The molecule has 0 spiro atoms. The fraction of sp³-hybridized carbons (Fsp3) is 0.389. The van der Waals surface area contributed by atoms with E-state index in [9.17, 15) is 9.59 Å². The maximum atomic E-state index is 12.7. The van der Waals surface area contributed by atoms with Gasteiger partial charge in [-0.2, -0.15) is 5.10 Å². The van der Waals surface area contributed by atoms with E-state index in [-0.39, 0.29) is 17.4 Å². The van der Waals surface area contributed by atoms with Gasteiger partial charge in [0, 0.05) is 24.8 Å². The maximum absolute atomic E-state index is 12.7. The summed E-state index contributed by atoms with van der Waals surface area (Å²) in [5.41, 5.74) is 2.26. The number of anilines is 2. The van der Waals surface area contributed by atoms with Gasteiger partial charge in [-0.1, -0.05) is 0 Å². The summed E-state index contributed by atoms with van der Waals surface area (Å²) >= 11 is 0. The largest absolute Gasteiger partial charge is 0.497 e. The molecule has 3 rings (SSSR count). The predicted octanol–water partition coefficient (Wildman–Crippen LogP) is 1.94. The lowest BCUT2D eigenvalue weighted by molar-refractivity contribution is -0.120. The molecule has 25 heavy (non-hydrogen) atoms. The van der Waals surface area contributed by atoms with E-state index in [4.69, 9.17) is 4.74 Å². The van der Waals surface area contributed by atoms with Gasteiger partial charge in [-0.15, -0.1) is 0 Å². The van der Waals surface area contributed by atoms with Crippen LogP contribution >= 0.6 is 0 Å². The number of aromatic nitrogens is 2. The lowest BCUT2D eigenvalue weighted by Gasteiger charge is -2.33. The Morgan fingerprint density at radius 3 is 2.96 bits per heavy atom. The van der Waals surface area contributed by atoms with Crippen molar-refractivity contribution in [2.75, 3.05) is 30.4 Å². The smallest absolute Gasteiger partial charge is 0.266 e. The standard InChI is InChI=1S/C18H22N4O3/c1-12-8-15(25-2)5-6-16(12)20-18(24)13-4-3-7-22(11-13)14-9-17(23)21-19-10-14/h5-6,8-10,13H,3-4,7,11H2,1-2H3,(H,20,24)(H,21,23). The molecule has 132 valence electrons. The van der Waals surface area contributed by atoms with Crippen LogP contribution in [0.2, 0.25) is 0 Å². The summed E-state index contributed by atoms with van der Waals surface area (Å²) in [5, 5.41) is 9.21. The minimum atomic E-state index is -0.238. The Morgan fingerprint density at radius 2 is 2.24 bits per heavy atom. The number of carbonyl (C=O) groups excluding carboxylic acids is 1. The number of aryl methyl sites for hydroxylation is 1. The Hall–Kier alpha value is -2.83. The molecule has 1 aromatic heterocycles. The van der Waals surface area contributed by atoms with E-state index in [1.165, 1.54) is 6.07 Å². The van der Waals surface area contributed by atoms with Crippen molar-refractivity contribution in [3.05, 3.63) is 46.4 Å². The van der Waals surface area contributed by atoms with Crippen molar-refractivity contribution in [2.45, 2.75) is 19.8 Å². The third kappa shape index (κ3) is 3.99. The fourth-order valence-corrected chi connectivity index (χ4v) is 3.10. The van der Waals surface area contributed by atoms with Crippen molar-refractivity contribution in [2.24, 2.45) is 5.92 Å². The van der Waals surface area contributed by atoms with E-state index in [2.05, 4.69) is 15.5 Å². The molecule has 1 atom stereocenters. The molecule has 0 radical (unpaired) electrons. The highest BCUT2D eigenvalue weighted by atomic mass is 16.5. The van der Waals surface area contributed by atoms with Crippen LogP contribution in [0.4, 0.5) is 11.4 Å². The Bertz CT molecular complexity index is 818. The van der Waals surface area contributed by atoms with Gasteiger partial charge in [0.25, 0.3) is 5.56 Å². The number of methoxy groups -OCH3 is 1. The second-order valence-corrected chi connectivity index (χ2v) is 6.26. The van der Waals surface area contributed by atoms with Crippen LogP contribution in [0.3, 0.4) is 0 Å². The second-order valence-electron chi connectivity index (χ2n) is 6.26. The van der Waals surface area contributed by atoms with Crippen LogP contribution in [0.5, 0.6) is 5.75 Å². The summed E-state index contributed by atoms with van der Waals surface area (Å²) in [6.07, 6.45) is 3.34. The highest BCUT2D eigenvalue weighted by Gasteiger charge is 2.26. The molecular weight excluding hydrogens is 320 g/mol. The van der Waals surface area contributed by atoms with E-state index < -0.39 is 0 Å². The van der Waals surface area contributed by atoms with Gasteiger partial charge in [-0.05, 0) is 43.5 Å². The summed E-state index contributed by atoms with van der Waals surface area (Å²) in [7, 11) is 1.62. The third-order valence-electron chi connectivity index (χ3n) is 4.50. The van der Waals surface area contributed by atoms with Gasteiger partial charge in [0.15, 0.2) is 0 Å². The maximum Gasteiger partial charge on any atom is 0.266 e. The van der Waals surface area contributed by atoms with Crippen molar-refractivity contribution in [1.29, 1.82) is 0 Å². The zero-order valence-corrected chi connectivity index (χ0v) is 14.4. The van der Waals surface area contributed by atoms with Crippen molar-refractivity contribution < 1.29 is 9.53 Å². The molecule has 7 heteroatoms. The SMILES string of the molecule is COc1ccc(NC(=O)C2CCCN(c3cn[nH]c(=O)c3)C2)c(C)c1. The van der Waals surface area contributed by atoms with Gasteiger partial charge in [0.1, 0.15) is 5.75 Å². The van der Waals surface area contributed by atoms with Gasteiger partial charge in [0.05, 0.1) is 24.9 Å². The van der Waals surface area contributed by atoms with Crippen molar-refractivity contribution in [1.82, 2.24) is 10.2 Å². The van der Waals surface area contributed by atoms with E-state index in [0.717, 1.165) is 42.1 Å². The summed E-state index contributed by atoms with van der Waals surface area (Å²) in [6, 6.07) is 7.09. The Labute approximate surface area is 146 Å². The first-order chi connectivity index (χ1) is 12.1. The highest BCUT2D eigenvalue weighted by molar-refractivity contribution is 5.93. The number of aromatic amines is 1. The number of benzene rings is 1. The topological polar surface area (TPSA) is 87.3 Å². The molecular formula is C18H22N4O3. The van der Waals surface area contributed by atoms with Gasteiger partial charge in [-0.25, -0.2) is 5.10 Å². The first-order valence-electron chi connectivity index (χ1n) is 8.32. The van der Waals surface area contributed by atoms with E-state index >= 15 is 0 Å². The van der Waals surface area contributed by atoms with Crippen molar-refractivity contribution >= 4 is 17.3 Å².